The van der Waals surface area contributed by atoms with E-state index in [0.29, 0.717) is 22.1 Å². The summed E-state index contributed by atoms with van der Waals surface area (Å²) in [6.07, 6.45) is 0. The van der Waals surface area contributed by atoms with Crippen molar-refractivity contribution in [2.75, 3.05) is 38.1 Å². The first-order valence-electron chi connectivity index (χ1n) is 46.3. The number of benzene rings is 8. The van der Waals surface area contributed by atoms with Crippen LogP contribution in [0.2, 0.25) is 0 Å². The van der Waals surface area contributed by atoms with Gasteiger partial charge in [0.2, 0.25) is 17.3 Å². The topological polar surface area (TPSA) is 254 Å². The minimum Gasteiger partial charge on any atom is -0.506 e. The van der Waals surface area contributed by atoms with E-state index in [1.807, 2.05) is 48.5 Å². The second kappa shape index (κ2) is 27.6. The van der Waals surface area contributed by atoms with E-state index >= 15 is 4.79 Å². The van der Waals surface area contributed by atoms with E-state index in [4.69, 9.17) is 26.7 Å². The lowest BCUT2D eigenvalue weighted by atomic mass is 9.31. The smallest absolute Gasteiger partial charge is 0.275 e. The summed E-state index contributed by atoms with van der Waals surface area (Å²) in [5.41, 5.74) is 13.8. The van der Waals surface area contributed by atoms with Crippen molar-refractivity contribution in [2.45, 2.75) is 294 Å². The fourth-order valence-corrected chi connectivity index (χ4v) is 26.8. The molecule has 127 heavy (non-hydrogen) atoms. The second-order valence-corrected chi connectivity index (χ2v) is 49.8. The molecule has 0 aromatic heterocycles. The van der Waals surface area contributed by atoms with Crippen LogP contribution in [0.4, 0.5) is 39.8 Å². The van der Waals surface area contributed by atoms with Crippen LogP contribution in [-0.4, -0.2) is 43.9 Å². The van der Waals surface area contributed by atoms with E-state index < -0.39 is 33.7 Å². The van der Waals surface area contributed by atoms with Crippen LogP contribution in [0.3, 0.4) is 0 Å². The third kappa shape index (κ3) is 11.0. The highest BCUT2D eigenvalue weighted by Gasteiger charge is 2.80. The summed E-state index contributed by atoms with van der Waals surface area (Å²) in [5.74, 6) is -1.38. The van der Waals surface area contributed by atoms with Crippen LogP contribution in [0, 0.1) is 108 Å². The molecular formula is C112H154N8O7. The summed E-state index contributed by atoms with van der Waals surface area (Å²) in [4.78, 5) is 54.0. The molecule has 0 saturated heterocycles. The van der Waals surface area contributed by atoms with Crippen LogP contribution >= 0.6 is 0 Å². The summed E-state index contributed by atoms with van der Waals surface area (Å²) in [6, 6.07) is 45.9. The number of rotatable bonds is 1. The number of allylic oxidation sites excluding steroid dienone is 2. The number of nitrogen functional groups attached to an aromatic ring is 2. The highest BCUT2D eigenvalue weighted by Crippen LogP contribution is 2.81. The third-order valence-corrected chi connectivity index (χ3v) is 43.8. The molecule has 8 aliphatic rings. The number of carbonyl (C=O) groups excluding carboxylic acids is 2. The van der Waals surface area contributed by atoms with Gasteiger partial charge in [-0.05, 0) is 123 Å². The van der Waals surface area contributed by atoms with Crippen LogP contribution in [0.5, 0.6) is 11.5 Å². The summed E-state index contributed by atoms with van der Waals surface area (Å²) in [7, 11) is 0. The average molecular weight is 1720 g/mol. The summed E-state index contributed by atoms with van der Waals surface area (Å²) >= 11 is 0. The molecule has 0 radical (unpaired) electrons. The molecule has 4 fully saturated rings. The number of nitrogens with one attached hydrogen (secondary N) is 5. The van der Waals surface area contributed by atoms with Crippen LogP contribution in [0.15, 0.2) is 154 Å². The SMILES string of the molecule is CC1(C)C(=O)C(C)(C)C(C)(C)C(C)(C)C1(C)C.CC1(C)C(C)(C)C(C)(C)C2(N=c3/c(=C4/C(=O)C(c5ccc6cccc7c6c5NC5(N7)C(C)(C)C(C)(C)C(C)(C)C(C)(C)C5(C)C)=C4O)ccc4cccc(c34)N2)C(C)(C)C1(C)C.CC1(C)C(C)(C)C(C)(C)C2(Nc3cccc4cccc(c34)N2)C(C)(C)C1(C)C.Nc1cccc2cccc(N)c12.O=c1c(O)c(O)c1=O. The minimum atomic E-state index is -1.01. The van der Waals surface area contributed by atoms with Gasteiger partial charge in [-0.25, -0.2) is 0 Å². The van der Waals surface area contributed by atoms with Crippen molar-refractivity contribution in [2.24, 2.45) is 113 Å². The molecule has 684 valence electrons. The lowest BCUT2D eigenvalue weighted by Gasteiger charge is -2.77. The molecule has 12 N–H and O–H groups in total. The summed E-state index contributed by atoms with van der Waals surface area (Å²) in [5, 5.41) is 60.0. The van der Waals surface area contributed by atoms with Crippen LogP contribution < -0.4 is 59.5 Å². The number of Topliss-reactive ketones (excluding diaryl/α,β-unsaturated/α-hetero) is 2. The first-order valence-corrected chi connectivity index (χ1v) is 46.3. The Labute approximate surface area is 758 Å². The maximum Gasteiger partial charge on any atom is 0.275 e. The monoisotopic (exact) mass is 1720 g/mol. The molecule has 3 aliphatic heterocycles. The van der Waals surface area contributed by atoms with E-state index in [2.05, 4.69) is 388 Å². The number of aliphatic hydroxyl groups excluding tert-OH is 1. The number of carbonyl (C=O) groups is 2. The second-order valence-electron chi connectivity index (χ2n) is 49.8. The Hall–Kier alpha value is -9.37. The maximum atomic E-state index is 15.3. The number of hydrogen-bond acceptors (Lipinski definition) is 15. The standard InChI is InChI=1S/C56H74N4O2.C26H38N2.C16H30O.C10H10N2.C4H2O4/c1-45(2)47(5,6)51(13,14)55(52(15,16)48(45,7)8)57-35-25-21-23-31-27-29-33(41(59-55)37(31)35)39-43(61)40(44(39)62)34-30-28-32-24-22-26-36-38(32)42(34)60-56(58-36)53(17,18)49(9,10)46(3,4)50(11,12)54(56,19)20;1-21(2)22(3,4)24(7,8)26(25(9,10)23(21,5)6)27-18-15-11-13-17-14-12-16-19(28-26)20(17)18;1-12(2)11(17)13(3,4)15(7,8)16(9,10)14(12,5)6;11-8-5-1-3-7-4-2-6-9(12)10(7)8;5-1-2(6)4(8)3(1)7/h21-30,57-59,61H,1-20H3;11-16,27-28H,1-10H3;1-10H3;1-6H,11-12H2;5-6H/b40-34+;;;;. The highest BCUT2D eigenvalue weighted by molar-refractivity contribution is 6.52. The van der Waals surface area contributed by atoms with E-state index in [-0.39, 0.29) is 126 Å². The van der Waals surface area contributed by atoms with Gasteiger partial charge >= 0.3 is 0 Å². The van der Waals surface area contributed by atoms with Crippen molar-refractivity contribution >= 4 is 106 Å². The number of ketones is 2. The molecule has 15 nitrogen and oxygen atoms in total. The largest absolute Gasteiger partial charge is 0.506 e. The highest BCUT2D eigenvalue weighted by atomic mass is 16.3. The van der Waals surface area contributed by atoms with Crippen molar-refractivity contribution in [3.63, 3.8) is 0 Å². The van der Waals surface area contributed by atoms with Gasteiger partial charge in [0.15, 0.2) is 0 Å². The third-order valence-electron chi connectivity index (χ3n) is 43.8. The van der Waals surface area contributed by atoms with E-state index in [1.54, 1.807) is 0 Å². The Kier molecular flexibility index (Phi) is 20.7. The molecule has 4 saturated carbocycles. The number of nitrogens with zero attached hydrogens (tertiary/aromatic N) is 1. The Bertz CT molecular complexity index is 6150. The number of nitrogens with two attached hydrogens (primary N) is 2. The number of anilines is 7. The summed E-state index contributed by atoms with van der Waals surface area (Å²) in [6.45, 7) is 94.9. The van der Waals surface area contributed by atoms with Gasteiger partial charge in [0.05, 0.1) is 22.2 Å². The Morgan fingerprint density at radius 3 is 0.906 bits per heavy atom. The van der Waals surface area contributed by atoms with Crippen molar-refractivity contribution in [3.8, 4) is 11.5 Å². The first-order chi connectivity index (χ1) is 57.4. The van der Waals surface area contributed by atoms with Crippen LogP contribution in [-0.2, 0) is 9.59 Å². The Morgan fingerprint density at radius 1 is 0.276 bits per heavy atom. The number of aromatic hydroxyl groups is 2. The zero-order valence-corrected chi connectivity index (χ0v) is 84.8. The molecule has 15 heteroatoms. The van der Waals surface area contributed by atoms with Gasteiger partial charge in [-0.3, -0.25) is 24.2 Å². The minimum absolute atomic E-state index is 0.0178. The zero-order chi connectivity index (χ0) is 95.9. The van der Waals surface area contributed by atoms with E-state index in [0.717, 1.165) is 71.7 Å². The molecule has 9 aromatic carbocycles. The molecule has 9 aromatic rings. The Balaban J connectivity index is 0.000000171. The number of aliphatic hydroxyl groups is 1. The van der Waals surface area contributed by atoms with Gasteiger partial charge in [0.25, 0.3) is 10.9 Å². The number of hydrogen-bond donors (Lipinski definition) is 10. The molecule has 3 heterocycles. The molecule has 0 amide bonds. The quantitative estimate of drug-likeness (QED) is 0.0542. The van der Waals surface area contributed by atoms with Crippen molar-refractivity contribution < 1.29 is 24.9 Å². The van der Waals surface area contributed by atoms with Crippen molar-refractivity contribution in [1.82, 2.24) is 0 Å². The predicted molar refractivity (Wildman–Crippen MR) is 535 cm³/mol. The van der Waals surface area contributed by atoms with Crippen molar-refractivity contribution in [1.29, 1.82) is 0 Å². The number of fused-ring (bicyclic) bond motifs is 1. The lowest BCUT2D eigenvalue weighted by molar-refractivity contribution is -0.249. The van der Waals surface area contributed by atoms with Gasteiger partial charge in [0, 0.05) is 110 Å². The Morgan fingerprint density at radius 2 is 0.559 bits per heavy atom. The molecule has 0 unspecified atom stereocenters. The predicted octanol–water partition coefficient (Wildman–Crippen LogP) is 26.2. The lowest BCUT2D eigenvalue weighted by Crippen LogP contribution is -2.81. The fourth-order valence-electron chi connectivity index (χ4n) is 26.8. The van der Waals surface area contributed by atoms with E-state index in [9.17, 15) is 19.5 Å². The van der Waals surface area contributed by atoms with Crippen LogP contribution in [0.1, 0.15) is 283 Å². The molecular weight excluding hydrogens is 1570 g/mol. The molecule has 17 rings (SSSR count). The maximum absolute atomic E-state index is 15.3. The molecule has 5 aliphatic carbocycles. The van der Waals surface area contributed by atoms with Gasteiger partial charge in [-0.1, -0.05) is 374 Å². The fraction of sp³-hybridized carbons (Fsp3) is 0.562. The normalized spacial score (nSPS) is 25.6. The van der Waals surface area contributed by atoms with Crippen LogP contribution in [0.25, 0.3) is 54.2 Å². The summed E-state index contributed by atoms with van der Waals surface area (Å²) < 4.78 is 0. The molecule has 0 atom stereocenters. The van der Waals surface area contributed by atoms with Gasteiger partial charge in [0.1, 0.15) is 28.5 Å². The average Bonchev–Trinajstić information content (AvgIpc) is 0.655. The zero-order valence-electron chi connectivity index (χ0n) is 84.8. The first kappa shape index (κ1) is 95.2. The van der Waals surface area contributed by atoms with Crippen molar-refractivity contribution in [3.05, 3.63) is 176 Å². The van der Waals surface area contributed by atoms with Gasteiger partial charge in [-0.15, -0.1) is 0 Å². The molecule has 0 bridgehead atoms. The van der Waals surface area contributed by atoms with Gasteiger partial charge < -0.3 is 53.4 Å². The van der Waals surface area contributed by atoms with Gasteiger partial charge in [-0.2, -0.15) is 0 Å². The molecule has 3 spiro atoms. The van der Waals surface area contributed by atoms with E-state index in [1.165, 1.54) is 22.1 Å².